The summed E-state index contributed by atoms with van der Waals surface area (Å²) in [5.74, 6) is 0.431. The fourth-order valence-corrected chi connectivity index (χ4v) is 2.52. The van der Waals surface area contributed by atoms with Crippen LogP contribution in [0.3, 0.4) is 0 Å². The molecule has 1 heterocycles. The number of para-hydroxylation sites is 1. The molecule has 0 fully saturated rings. The zero-order valence-electron chi connectivity index (χ0n) is 11.6. The van der Waals surface area contributed by atoms with Gasteiger partial charge in [0.15, 0.2) is 0 Å². The SMILES string of the molecule is CC1Cc2ccccc2N(C(=O)C(C)(C)C(N)=S)C1. The molecule has 0 saturated carbocycles. The van der Waals surface area contributed by atoms with Gasteiger partial charge >= 0.3 is 0 Å². The van der Waals surface area contributed by atoms with Crippen molar-refractivity contribution in [1.82, 2.24) is 0 Å². The van der Waals surface area contributed by atoms with Crippen LogP contribution in [0.5, 0.6) is 0 Å². The predicted molar refractivity (Wildman–Crippen MR) is 82.2 cm³/mol. The molecule has 2 rings (SSSR count). The third-order valence-electron chi connectivity index (χ3n) is 3.74. The van der Waals surface area contributed by atoms with E-state index in [0.29, 0.717) is 5.92 Å². The van der Waals surface area contributed by atoms with Crippen molar-refractivity contribution < 1.29 is 4.79 Å². The summed E-state index contributed by atoms with van der Waals surface area (Å²) in [6.07, 6.45) is 1.01. The molecule has 2 N–H and O–H groups in total. The maximum Gasteiger partial charge on any atom is 0.239 e. The molecule has 0 radical (unpaired) electrons. The van der Waals surface area contributed by atoms with E-state index in [1.807, 2.05) is 23.1 Å². The summed E-state index contributed by atoms with van der Waals surface area (Å²) >= 11 is 5.04. The molecule has 3 nitrogen and oxygen atoms in total. The highest BCUT2D eigenvalue weighted by Gasteiger charge is 2.38. The van der Waals surface area contributed by atoms with Crippen molar-refractivity contribution in [3.8, 4) is 0 Å². The van der Waals surface area contributed by atoms with Crippen molar-refractivity contribution in [2.45, 2.75) is 27.2 Å². The van der Waals surface area contributed by atoms with E-state index in [-0.39, 0.29) is 10.9 Å². The molecule has 1 atom stereocenters. The number of anilines is 1. The Kier molecular flexibility index (Phi) is 3.63. The molecule has 4 heteroatoms. The van der Waals surface area contributed by atoms with Crippen LogP contribution < -0.4 is 10.6 Å². The van der Waals surface area contributed by atoms with Crippen LogP contribution in [0.4, 0.5) is 5.69 Å². The first-order chi connectivity index (χ1) is 8.84. The smallest absolute Gasteiger partial charge is 0.239 e. The maximum atomic E-state index is 12.7. The zero-order valence-corrected chi connectivity index (χ0v) is 12.5. The van der Waals surface area contributed by atoms with Crippen LogP contribution in [0.15, 0.2) is 24.3 Å². The largest absolute Gasteiger partial charge is 0.392 e. The van der Waals surface area contributed by atoms with Crippen molar-refractivity contribution in [2.24, 2.45) is 17.1 Å². The van der Waals surface area contributed by atoms with E-state index in [2.05, 4.69) is 13.0 Å². The number of hydrogen-bond donors (Lipinski definition) is 1. The van der Waals surface area contributed by atoms with Gasteiger partial charge in [-0.1, -0.05) is 37.3 Å². The lowest BCUT2D eigenvalue weighted by Gasteiger charge is -2.37. The average Bonchev–Trinajstić information content (AvgIpc) is 2.36. The van der Waals surface area contributed by atoms with Crippen LogP contribution in [0, 0.1) is 11.3 Å². The number of fused-ring (bicyclic) bond motifs is 1. The van der Waals surface area contributed by atoms with Crippen LogP contribution in [0.1, 0.15) is 26.3 Å². The second-order valence-corrected chi connectivity index (χ2v) is 6.28. The van der Waals surface area contributed by atoms with E-state index in [9.17, 15) is 4.79 Å². The standard InChI is InChI=1S/C15H20N2OS/c1-10-8-11-6-4-5-7-12(11)17(9-10)14(18)15(2,3)13(16)19/h4-7,10H,8-9H2,1-3H3,(H2,16,19). The topological polar surface area (TPSA) is 46.3 Å². The summed E-state index contributed by atoms with van der Waals surface area (Å²) in [6.45, 7) is 6.46. The molecule has 1 aromatic carbocycles. The summed E-state index contributed by atoms with van der Waals surface area (Å²) in [7, 11) is 0. The first-order valence-corrected chi connectivity index (χ1v) is 6.94. The second-order valence-electron chi connectivity index (χ2n) is 5.84. The predicted octanol–water partition coefficient (Wildman–Crippen LogP) is 2.52. The van der Waals surface area contributed by atoms with Crippen LogP contribution in [0.2, 0.25) is 0 Å². The highest BCUT2D eigenvalue weighted by Crippen LogP contribution is 2.33. The molecule has 1 unspecified atom stereocenters. The lowest BCUT2D eigenvalue weighted by molar-refractivity contribution is -0.123. The quantitative estimate of drug-likeness (QED) is 0.844. The molecule has 0 aromatic heterocycles. The fraction of sp³-hybridized carbons (Fsp3) is 0.467. The van der Waals surface area contributed by atoms with Gasteiger partial charge < -0.3 is 10.6 Å². The van der Waals surface area contributed by atoms with Gasteiger partial charge in [0.05, 0.1) is 10.4 Å². The molecular formula is C15H20N2OS. The minimum Gasteiger partial charge on any atom is -0.392 e. The monoisotopic (exact) mass is 276 g/mol. The molecule has 1 aliphatic rings. The Hall–Kier alpha value is -1.42. The van der Waals surface area contributed by atoms with Gasteiger partial charge in [-0.25, -0.2) is 0 Å². The third kappa shape index (κ3) is 2.50. The van der Waals surface area contributed by atoms with Gasteiger partial charge in [-0.05, 0) is 37.8 Å². The summed E-state index contributed by atoms with van der Waals surface area (Å²) in [4.78, 5) is 14.8. The van der Waals surface area contributed by atoms with Gasteiger partial charge in [0.1, 0.15) is 0 Å². The Morgan fingerprint density at radius 3 is 2.68 bits per heavy atom. The van der Waals surface area contributed by atoms with Crippen molar-refractivity contribution >= 4 is 28.8 Å². The van der Waals surface area contributed by atoms with Gasteiger partial charge in [0.2, 0.25) is 5.91 Å². The minimum atomic E-state index is -0.806. The highest BCUT2D eigenvalue weighted by atomic mass is 32.1. The third-order valence-corrected chi connectivity index (χ3v) is 4.25. The van der Waals surface area contributed by atoms with Gasteiger partial charge in [-0.2, -0.15) is 0 Å². The highest BCUT2D eigenvalue weighted by molar-refractivity contribution is 7.80. The van der Waals surface area contributed by atoms with Gasteiger partial charge in [-0.3, -0.25) is 4.79 Å². The molecule has 1 aromatic rings. The lowest BCUT2D eigenvalue weighted by atomic mass is 9.87. The van der Waals surface area contributed by atoms with E-state index in [1.54, 1.807) is 13.8 Å². The molecule has 102 valence electrons. The van der Waals surface area contributed by atoms with Crippen molar-refractivity contribution in [2.75, 3.05) is 11.4 Å². The van der Waals surface area contributed by atoms with Crippen molar-refractivity contribution in [1.29, 1.82) is 0 Å². The molecule has 0 saturated heterocycles. The number of hydrogen-bond acceptors (Lipinski definition) is 2. The second kappa shape index (κ2) is 4.93. The Balaban J connectivity index is 2.41. The number of nitrogens with zero attached hydrogens (tertiary/aromatic N) is 1. The Morgan fingerprint density at radius 1 is 1.42 bits per heavy atom. The van der Waals surface area contributed by atoms with E-state index in [1.165, 1.54) is 5.56 Å². The van der Waals surface area contributed by atoms with E-state index in [0.717, 1.165) is 18.7 Å². The molecule has 0 bridgehead atoms. The maximum absolute atomic E-state index is 12.7. The average molecular weight is 276 g/mol. The Bertz CT molecular complexity index is 525. The van der Waals surface area contributed by atoms with Crippen molar-refractivity contribution in [3.63, 3.8) is 0 Å². The van der Waals surface area contributed by atoms with E-state index >= 15 is 0 Å². The summed E-state index contributed by atoms with van der Waals surface area (Å²) in [6, 6.07) is 8.05. The molecular weight excluding hydrogens is 256 g/mol. The lowest BCUT2D eigenvalue weighted by Crippen LogP contribution is -2.50. The number of amides is 1. The molecule has 1 aliphatic heterocycles. The summed E-state index contributed by atoms with van der Waals surface area (Å²) in [5.41, 5.74) is 7.12. The number of carbonyl (C=O) groups is 1. The van der Waals surface area contributed by atoms with Crippen LogP contribution >= 0.6 is 12.2 Å². The summed E-state index contributed by atoms with van der Waals surface area (Å²) in [5, 5.41) is 0. The normalized spacial score (nSPS) is 18.9. The Labute approximate surface area is 119 Å². The van der Waals surface area contributed by atoms with Crippen LogP contribution in [-0.2, 0) is 11.2 Å². The van der Waals surface area contributed by atoms with Crippen LogP contribution in [-0.4, -0.2) is 17.4 Å². The molecule has 0 aliphatic carbocycles. The van der Waals surface area contributed by atoms with Gasteiger partial charge in [-0.15, -0.1) is 0 Å². The zero-order chi connectivity index (χ0) is 14.2. The fourth-order valence-electron chi connectivity index (χ4n) is 2.43. The number of rotatable bonds is 2. The van der Waals surface area contributed by atoms with Crippen LogP contribution in [0.25, 0.3) is 0 Å². The van der Waals surface area contributed by atoms with E-state index < -0.39 is 5.41 Å². The van der Waals surface area contributed by atoms with Gasteiger partial charge in [0.25, 0.3) is 0 Å². The summed E-state index contributed by atoms with van der Waals surface area (Å²) < 4.78 is 0. The molecule has 19 heavy (non-hydrogen) atoms. The number of benzene rings is 1. The molecule has 0 spiro atoms. The first-order valence-electron chi connectivity index (χ1n) is 6.54. The van der Waals surface area contributed by atoms with Crippen molar-refractivity contribution in [3.05, 3.63) is 29.8 Å². The Morgan fingerprint density at radius 2 is 2.05 bits per heavy atom. The van der Waals surface area contributed by atoms with E-state index in [4.69, 9.17) is 18.0 Å². The number of thiocarbonyl (C=S) groups is 1. The first kappa shape index (κ1) is 14.0. The minimum absolute atomic E-state index is 0.0148. The number of carbonyl (C=O) groups excluding carboxylic acids is 1. The number of nitrogens with two attached hydrogens (primary N) is 1. The molecule has 1 amide bonds. The van der Waals surface area contributed by atoms with Gasteiger partial charge in [0, 0.05) is 12.2 Å².